The van der Waals surface area contributed by atoms with Gasteiger partial charge < -0.3 is 10.4 Å². The zero-order valence-corrected chi connectivity index (χ0v) is 13.1. The maximum atomic E-state index is 9.99. The summed E-state index contributed by atoms with van der Waals surface area (Å²) in [5.74, 6) is 1.40. The lowest BCUT2D eigenvalue weighted by atomic mass is 10.1. The van der Waals surface area contributed by atoms with Gasteiger partial charge in [0.05, 0.1) is 4.34 Å². The van der Waals surface area contributed by atoms with Crippen LogP contribution in [0.5, 0.6) is 0 Å². The molecule has 2 N–H and O–H groups in total. The van der Waals surface area contributed by atoms with Crippen LogP contribution in [0.25, 0.3) is 0 Å². The van der Waals surface area contributed by atoms with Crippen molar-refractivity contribution in [1.29, 1.82) is 0 Å². The van der Waals surface area contributed by atoms with Crippen LogP contribution in [0.2, 0.25) is 4.34 Å². The Balaban J connectivity index is 1.86. The van der Waals surface area contributed by atoms with Crippen molar-refractivity contribution < 1.29 is 5.11 Å². The molecule has 0 fully saturated rings. The van der Waals surface area contributed by atoms with Crippen LogP contribution >= 0.6 is 34.5 Å². The van der Waals surface area contributed by atoms with E-state index in [1.54, 1.807) is 6.07 Å². The third kappa shape index (κ3) is 4.42. The molecular formula is C12H16ClN3OS2. The molecule has 7 heteroatoms. The number of aliphatic hydroxyl groups excluding tert-OH is 1. The minimum absolute atomic E-state index is 0.410. The van der Waals surface area contributed by atoms with Crippen molar-refractivity contribution in [2.24, 2.45) is 5.92 Å². The fraction of sp³-hybridized carbons (Fsp3) is 0.500. The molecule has 104 valence electrons. The van der Waals surface area contributed by atoms with Crippen molar-refractivity contribution in [2.45, 2.75) is 26.4 Å². The standard InChI is InChI=1S/C12H16ClN3OS2/c1-7(2)5-11-15-12(19-16-11)14-6-8(17)9-3-4-10(13)18-9/h3-4,7-8,17H,5-6H2,1-2H3,(H,14,15,16). The first-order chi connectivity index (χ1) is 9.04. The number of hydrogen-bond acceptors (Lipinski definition) is 6. The number of nitrogens with zero attached hydrogens (tertiary/aromatic N) is 2. The van der Waals surface area contributed by atoms with E-state index in [1.807, 2.05) is 6.07 Å². The molecule has 0 saturated carbocycles. The molecule has 0 radical (unpaired) electrons. The van der Waals surface area contributed by atoms with Crippen molar-refractivity contribution in [3.05, 3.63) is 27.2 Å². The van der Waals surface area contributed by atoms with E-state index < -0.39 is 6.10 Å². The Morgan fingerprint density at radius 2 is 2.21 bits per heavy atom. The van der Waals surface area contributed by atoms with Gasteiger partial charge in [0.1, 0.15) is 11.9 Å². The minimum atomic E-state index is -0.574. The van der Waals surface area contributed by atoms with Gasteiger partial charge >= 0.3 is 0 Å². The predicted molar refractivity (Wildman–Crippen MR) is 81.2 cm³/mol. The Morgan fingerprint density at radius 1 is 1.42 bits per heavy atom. The highest BCUT2D eigenvalue weighted by Gasteiger charge is 2.12. The molecule has 2 aromatic heterocycles. The predicted octanol–water partition coefficient (Wildman–Crippen LogP) is 3.60. The second kappa shape index (κ2) is 6.65. The minimum Gasteiger partial charge on any atom is -0.386 e. The van der Waals surface area contributed by atoms with Gasteiger partial charge in [0, 0.05) is 29.4 Å². The number of anilines is 1. The van der Waals surface area contributed by atoms with Crippen LogP contribution in [0.3, 0.4) is 0 Å². The van der Waals surface area contributed by atoms with E-state index in [1.165, 1.54) is 22.9 Å². The molecule has 0 aliphatic heterocycles. The molecule has 0 bridgehead atoms. The van der Waals surface area contributed by atoms with Crippen LogP contribution in [0, 0.1) is 5.92 Å². The number of aromatic nitrogens is 2. The molecule has 19 heavy (non-hydrogen) atoms. The van der Waals surface area contributed by atoms with Gasteiger partial charge in [-0.1, -0.05) is 25.4 Å². The Kier molecular flexibility index (Phi) is 5.15. The van der Waals surface area contributed by atoms with Gasteiger partial charge in [0.2, 0.25) is 5.13 Å². The maximum Gasteiger partial charge on any atom is 0.202 e. The monoisotopic (exact) mass is 317 g/mol. The second-order valence-corrected chi connectivity index (χ2v) is 7.15. The molecule has 1 unspecified atom stereocenters. The van der Waals surface area contributed by atoms with E-state index in [0.29, 0.717) is 16.8 Å². The molecule has 0 aromatic carbocycles. The van der Waals surface area contributed by atoms with E-state index in [9.17, 15) is 5.11 Å². The van der Waals surface area contributed by atoms with Crippen LogP contribution < -0.4 is 5.32 Å². The summed E-state index contributed by atoms with van der Waals surface area (Å²) in [5.41, 5.74) is 0. The molecular weight excluding hydrogens is 302 g/mol. The summed E-state index contributed by atoms with van der Waals surface area (Å²) >= 11 is 8.56. The SMILES string of the molecule is CC(C)Cc1nsc(NCC(O)c2ccc(Cl)s2)n1. The quantitative estimate of drug-likeness (QED) is 0.854. The average molecular weight is 318 g/mol. The van der Waals surface area contributed by atoms with Gasteiger partial charge in [-0.3, -0.25) is 0 Å². The van der Waals surface area contributed by atoms with Crippen LogP contribution in [0.15, 0.2) is 12.1 Å². The summed E-state index contributed by atoms with van der Waals surface area (Å²) in [6, 6.07) is 3.63. The zero-order chi connectivity index (χ0) is 13.8. The lowest BCUT2D eigenvalue weighted by molar-refractivity contribution is 0.195. The van der Waals surface area contributed by atoms with E-state index in [-0.39, 0.29) is 0 Å². The summed E-state index contributed by atoms with van der Waals surface area (Å²) in [4.78, 5) is 5.24. The molecule has 2 aromatic rings. The Bertz CT molecular complexity index is 527. The van der Waals surface area contributed by atoms with Crippen LogP contribution in [-0.4, -0.2) is 21.0 Å². The van der Waals surface area contributed by atoms with Gasteiger partial charge in [0.15, 0.2) is 0 Å². The van der Waals surface area contributed by atoms with Crippen molar-refractivity contribution in [2.75, 3.05) is 11.9 Å². The Labute approximate surface area is 125 Å². The second-order valence-electron chi connectivity index (χ2n) is 4.65. The average Bonchev–Trinajstić information content (AvgIpc) is 2.94. The van der Waals surface area contributed by atoms with Crippen molar-refractivity contribution in [3.63, 3.8) is 0 Å². The van der Waals surface area contributed by atoms with Crippen LogP contribution in [0.4, 0.5) is 5.13 Å². The van der Waals surface area contributed by atoms with Gasteiger partial charge in [-0.05, 0) is 18.1 Å². The molecule has 0 aliphatic rings. The summed E-state index contributed by atoms with van der Waals surface area (Å²) < 4.78 is 4.96. The van der Waals surface area contributed by atoms with Gasteiger partial charge in [-0.25, -0.2) is 4.98 Å². The third-order valence-corrected chi connectivity index (χ3v) is 4.47. The normalized spacial score (nSPS) is 12.9. The summed E-state index contributed by atoms with van der Waals surface area (Å²) in [7, 11) is 0. The van der Waals surface area contributed by atoms with E-state index in [4.69, 9.17) is 11.6 Å². The Morgan fingerprint density at radius 3 is 2.84 bits per heavy atom. The van der Waals surface area contributed by atoms with E-state index in [0.717, 1.165) is 22.3 Å². The number of rotatable bonds is 6. The fourth-order valence-electron chi connectivity index (χ4n) is 1.57. The molecule has 2 heterocycles. The molecule has 0 aliphatic carbocycles. The Hall–Kier alpha value is -0.690. The number of halogens is 1. The zero-order valence-electron chi connectivity index (χ0n) is 10.8. The highest BCUT2D eigenvalue weighted by atomic mass is 35.5. The van der Waals surface area contributed by atoms with Crippen LogP contribution in [-0.2, 0) is 6.42 Å². The van der Waals surface area contributed by atoms with Crippen molar-refractivity contribution in [3.8, 4) is 0 Å². The highest BCUT2D eigenvalue weighted by molar-refractivity contribution is 7.16. The first kappa shape index (κ1) is 14.7. The number of nitrogens with one attached hydrogen (secondary N) is 1. The van der Waals surface area contributed by atoms with Gasteiger partial charge in [-0.15, -0.1) is 11.3 Å². The highest BCUT2D eigenvalue weighted by Crippen LogP contribution is 2.27. The lowest BCUT2D eigenvalue weighted by Crippen LogP contribution is -2.10. The molecule has 4 nitrogen and oxygen atoms in total. The first-order valence-electron chi connectivity index (χ1n) is 6.04. The van der Waals surface area contributed by atoms with E-state index in [2.05, 4.69) is 28.5 Å². The van der Waals surface area contributed by atoms with E-state index >= 15 is 0 Å². The van der Waals surface area contributed by atoms with Crippen molar-refractivity contribution >= 4 is 39.6 Å². The van der Waals surface area contributed by atoms with Crippen LogP contribution in [0.1, 0.15) is 30.7 Å². The van der Waals surface area contributed by atoms with Crippen molar-refractivity contribution in [1.82, 2.24) is 9.36 Å². The van der Waals surface area contributed by atoms with Gasteiger partial charge in [-0.2, -0.15) is 4.37 Å². The molecule has 0 amide bonds. The molecule has 0 spiro atoms. The lowest BCUT2D eigenvalue weighted by Gasteiger charge is -2.08. The maximum absolute atomic E-state index is 9.99. The summed E-state index contributed by atoms with van der Waals surface area (Å²) in [6.07, 6.45) is 0.302. The molecule has 2 rings (SSSR count). The fourth-order valence-corrected chi connectivity index (χ4v) is 3.21. The largest absolute Gasteiger partial charge is 0.386 e. The first-order valence-corrected chi connectivity index (χ1v) is 8.01. The number of aliphatic hydroxyl groups is 1. The molecule has 0 saturated heterocycles. The smallest absolute Gasteiger partial charge is 0.202 e. The number of hydrogen-bond donors (Lipinski definition) is 2. The summed E-state index contributed by atoms with van der Waals surface area (Å²) in [5, 5.41) is 13.8. The molecule has 1 atom stereocenters. The summed E-state index contributed by atoms with van der Waals surface area (Å²) in [6.45, 7) is 4.68. The van der Waals surface area contributed by atoms with Gasteiger partial charge in [0.25, 0.3) is 0 Å². The number of thiophene rings is 1. The third-order valence-electron chi connectivity index (χ3n) is 2.43. The topological polar surface area (TPSA) is 58.0 Å².